The van der Waals surface area contributed by atoms with Gasteiger partial charge in [-0.3, -0.25) is 0 Å². The highest BCUT2D eigenvalue weighted by atomic mass is 79.9. The Hall–Kier alpha value is -0.130. The summed E-state index contributed by atoms with van der Waals surface area (Å²) >= 11 is 11.9. The average Bonchev–Trinajstić information content (AvgIpc) is 2.96. The number of ether oxygens (including phenoxy) is 1. The van der Waals surface area contributed by atoms with Crippen LogP contribution in [0.1, 0.15) is 19.3 Å². The van der Waals surface area contributed by atoms with Crippen molar-refractivity contribution < 1.29 is 4.74 Å². The maximum Gasteiger partial charge on any atom is 0.133 e. The first-order valence-electron chi connectivity index (χ1n) is 5.37. The second kappa shape index (κ2) is 5.24. The number of halogens is 2. The normalized spacial score (nSPS) is 16.6. The molecule has 1 aliphatic carbocycles. The Bertz CT molecular complexity index is 446. The maximum absolute atomic E-state index is 5.84. The lowest BCUT2D eigenvalue weighted by molar-refractivity contribution is 0.238. The lowest BCUT2D eigenvalue weighted by Crippen LogP contribution is -2.21. The van der Waals surface area contributed by atoms with Gasteiger partial charge in [-0.15, -0.1) is 0 Å². The molecule has 2 nitrogen and oxygen atoms in total. The number of rotatable bonds is 5. The quantitative estimate of drug-likeness (QED) is 0.785. The van der Waals surface area contributed by atoms with Crippen LogP contribution >= 0.6 is 44.1 Å². The minimum Gasteiger partial charge on any atom is -0.492 e. The molecule has 1 aliphatic rings. The zero-order valence-electron chi connectivity index (χ0n) is 9.21. The van der Waals surface area contributed by atoms with Crippen LogP contribution in [0.2, 0.25) is 0 Å². The fourth-order valence-corrected chi connectivity index (χ4v) is 3.21. The lowest BCUT2D eigenvalue weighted by Gasteiger charge is -2.16. The third-order valence-corrected chi connectivity index (χ3v) is 4.19. The molecule has 0 atom stereocenters. The van der Waals surface area contributed by atoms with Crippen molar-refractivity contribution in [2.45, 2.75) is 19.3 Å². The van der Waals surface area contributed by atoms with Crippen LogP contribution in [0.25, 0.3) is 0 Å². The predicted octanol–water partition coefficient (Wildman–Crippen LogP) is 4.05. The Kier molecular flexibility index (Phi) is 4.10. The van der Waals surface area contributed by atoms with Crippen LogP contribution in [-0.2, 0) is 0 Å². The standard InChI is InChI=1S/C12H13Br2NOS/c13-8-1-2-10(9(14)5-8)16-7-12(3-4-12)6-11(15)17/h1-2,5H,3-4,6-7H2,(H2,15,17). The van der Waals surface area contributed by atoms with Crippen molar-refractivity contribution in [2.24, 2.45) is 11.1 Å². The van der Waals surface area contributed by atoms with E-state index in [1.165, 1.54) is 0 Å². The van der Waals surface area contributed by atoms with Gasteiger partial charge in [-0.2, -0.15) is 0 Å². The Morgan fingerprint density at radius 1 is 1.41 bits per heavy atom. The summed E-state index contributed by atoms with van der Waals surface area (Å²) in [5.74, 6) is 0.863. The van der Waals surface area contributed by atoms with E-state index in [-0.39, 0.29) is 5.41 Å². The van der Waals surface area contributed by atoms with Gasteiger partial charge in [-0.05, 0) is 47.0 Å². The molecule has 1 aromatic rings. The first-order valence-corrected chi connectivity index (χ1v) is 7.36. The summed E-state index contributed by atoms with van der Waals surface area (Å²) in [6, 6.07) is 5.89. The van der Waals surface area contributed by atoms with Crippen LogP contribution < -0.4 is 10.5 Å². The molecule has 0 radical (unpaired) electrons. The van der Waals surface area contributed by atoms with E-state index >= 15 is 0 Å². The summed E-state index contributed by atoms with van der Waals surface area (Å²) in [6.45, 7) is 0.685. The SMILES string of the molecule is NC(=S)CC1(COc2ccc(Br)cc2Br)CC1. The summed E-state index contributed by atoms with van der Waals surface area (Å²) < 4.78 is 7.82. The van der Waals surface area contributed by atoms with E-state index in [2.05, 4.69) is 31.9 Å². The minimum absolute atomic E-state index is 0.193. The zero-order chi connectivity index (χ0) is 12.5. The molecular formula is C12H13Br2NOS. The fourth-order valence-electron chi connectivity index (χ4n) is 1.74. The second-order valence-electron chi connectivity index (χ2n) is 4.51. The van der Waals surface area contributed by atoms with Crippen LogP contribution in [-0.4, -0.2) is 11.6 Å². The second-order valence-corrected chi connectivity index (χ2v) is 6.80. The highest BCUT2D eigenvalue weighted by Gasteiger charge is 2.43. The molecule has 2 rings (SSSR count). The summed E-state index contributed by atoms with van der Waals surface area (Å²) in [4.78, 5) is 0.584. The molecular weight excluding hydrogens is 366 g/mol. The number of nitrogens with two attached hydrogens (primary N) is 1. The van der Waals surface area contributed by atoms with Crippen molar-refractivity contribution in [2.75, 3.05) is 6.61 Å². The summed E-state index contributed by atoms with van der Waals surface area (Å²) in [6.07, 6.45) is 3.09. The van der Waals surface area contributed by atoms with E-state index in [4.69, 9.17) is 22.7 Å². The van der Waals surface area contributed by atoms with E-state index in [1.54, 1.807) is 0 Å². The van der Waals surface area contributed by atoms with Crippen molar-refractivity contribution >= 4 is 49.1 Å². The molecule has 17 heavy (non-hydrogen) atoms. The van der Waals surface area contributed by atoms with Gasteiger partial charge >= 0.3 is 0 Å². The third kappa shape index (κ3) is 3.66. The molecule has 0 unspecified atom stereocenters. The van der Waals surface area contributed by atoms with Gasteiger partial charge in [-0.1, -0.05) is 28.1 Å². The van der Waals surface area contributed by atoms with Crippen molar-refractivity contribution in [3.05, 3.63) is 27.1 Å². The molecule has 0 bridgehead atoms. The highest BCUT2D eigenvalue weighted by Crippen LogP contribution is 2.49. The third-order valence-electron chi connectivity index (χ3n) is 2.93. The van der Waals surface area contributed by atoms with Crippen LogP contribution in [0.3, 0.4) is 0 Å². The van der Waals surface area contributed by atoms with E-state index in [1.807, 2.05) is 18.2 Å². The monoisotopic (exact) mass is 377 g/mol. The van der Waals surface area contributed by atoms with Crippen LogP contribution in [0.15, 0.2) is 27.1 Å². The van der Waals surface area contributed by atoms with E-state index in [9.17, 15) is 0 Å². The van der Waals surface area contributed by atoms with Gasteiger partial charge in [0.05, 0.1) is 16.1 Å². The highest BCUT2D eigenvalue weighted by molar-refractivity contribution is 9.11. The molecule has 2 N–H and O–H groups in total. The Morgan fingerprint density at radius 2 is 2.12 bits per heavy atom. The molecule has 0 amide bonds. The zero-order valence-corrected chi connectivity index (χ0v) is 13.2. The molecule has 1 aromatic carbocycles. The number of thiocarbonyl (C=S) groups is 1. The first-order chi connectivity index (χ1) is 8.01. The van der Waals surface area contributed by atoms with Crippen molar-refractivity contribution in [1.29, 1.82) is 0 Å². The maximum atomic E-state index is 5.84. The van der Waals surface area contributed by atoms with Crippen LogP contribution in [0.5, 0.6) is 5.75 Å². The lowest BCUT2D eigenvalue weighted by atomic mass is 10.0. The van der Waals surface area contributed by atoms with E-state index < -0.39 is 0 Å². The Balaban J connectivity index is 1.96. The molecule has 92 valence electrons. The van der Waals surface area contributed by atoms with Gasteiger partial charge in [-0.25, -0.2) is 0 Å². The summed E-state index contributed by atoms with van der Waals surface area (Å²) in [5, 5.41) is 0. The topological polar surface area (TPSA) is 35.2 Å². The molecule has 0 aliphatic heterocycles. The van der Waals surface area contributed by atoms with Crippen molar-refractivity contribution in [1.82, 2.24) is 0 Å². The number of hydrogen-bond acceptors (Lipinski definition) is 2. The van der Waals surface area contributed by atoms with Crippen molar-refractivity contribution in [3.8, 4) is 5.75 Å². The van der Waals surface area contributed by atoms with Gasteiger partial charge in [0.15, 0.2) is 0 Å². The molecule has 5 heteroatoms. The number of hydrogen-bond donors (Lipinski definition) is 1. The van der Waals surface area contributed by atoms with Crippen molar-refractivity contribution in [3.63, 3.8) is 0 Å². The van der Waals surface area contributed by atoms with Gasteiger partial charge < -0.3 is 10.5 Å². The molecule has 0 heterocycles. The van der Waals surface area contributed by atoms with Gasteiger partial charge in [0.1, 0.15) is 5.75 Å². The smallest absolute Gasteiger partial charge is 0.133 e. The van der Waals surface area contributed by atoms with Gasteiger partial charge in [0.25, 0.3) is 0 Å². The average molecular weight is 379 g/mol. The van der Waals surface area contributed by atoms with E-state index in [0.29, 0.717) is 11.6 Å². The Morgan fingerprint density at radius 3 is 2.65 bits per heavy atom. The number of benzene rings is 1. The summed E-state index contributed by atoms with van der Waals surface area (Å²) in [5.41, 5.74) is 5.79. The first kappa shape index (κ1) is 13.3. The molecule has 1 saturated carbocycles. The van der Waals surface area contributed by atoms with Gasteiger partial charge in [0.2, 0.25) is 0 Å². The molecule has 0 spiro atoms. The largest absolute Gasteiger partial charge is 0.492 e. The molecule has 0 saturated heterocycles. The molecule has 0 aromatic heterocycles. The Labute approximate surface area is 123 Å². The van der Waals surface area contributed by atoms with Crippen LogP contribution in [0.4, 0.5) is 0 Å². The minimum atomic E-state index is 0.193. The van der Waals surface area contributed by atoms with Crippen LogP contribution in [0, 0.1) is 5.41 Å². The summed E-state index contributed by atoms with van der Waals surface area (Å²) in [7, 11) is 0. The molecule has 1 fully saturated rings. The fraction of sp³-hybridized carbons (Fsp3) is 0.417. The van der Waals surface area contributed by atoms with E-state index in [0.717, 1.165) is 34.0 Å². The van der Waals surface area contributed by atoms with Gasteiger partial charge in [0, 0.05) is 16.3 Å². The predicted molar refractivity (Wildman–Crippen MR) is 80.4 cm³/mol.